The lowest BCUT2D eigenvalue weighted by Gasteiger charge is -2.15. The summed E-state index contributed by atoms with van der Waals surface area (Å²) in [5.41, 5.74) is 1.82. The monoisotopic (exact) mass is 353 g/mol. The number of benzene rings is 2. The first-order valence-electron chi connectivity index (χ1n) is 6.78. The van der Waals surface area contributed by atoms with Crippen LogP contribution in [0.15, 0.2) is 53.3 Å². The van der Waals surface area contributed by atoms with Crippen molar-refractivity contribution in [1.82, 2.24) is 9.55 Å². The summed E-state index contributed by atoms with van der Waals surface area (Å²) in [5, 5.41) is 9.47. The lowest BCUT2D eigenvalue weighted by molar-refractivity contribution is 0.828. The molecule has 0 amide bonds. The van der Waals surface area contributed by atoms with E-state index in [0.717, 1.165) is 0 Å². The van der Waals surface area contributed by atoms with Crippen molar-refractivity contribution < 1.29 is 0 Å². The van der Waals surface area contributed by atoms with Crippen molar-refractivity contribution in [3.05, 3.63) is 70.3 Å². The minimum Gasteiger partial charge on any atom is -0.268 e. The molecule has 0 bridgehead atoms. The molecule has 0 radical (unpaired) electrons. The first-order valence-corrected chi connectivity index (χ1v) is 7.69. The lowest BCUT2D eigenvalue weighted by atomic mass is 10.2. The van der Waals surface area contributed by atoms with Gasteiger partial charge in [-0.3, -0.25) is 9.36 Å². The highest BCUT2D eigenvalue weighted by Crippen LogP contribution is 2.23. The lowest BCUT2D eigenvalue weighted by Crippen LogP contribution is -2.24. The van der Waals surface area contributed by atoms with E-state index in [1.165, 1.54) is 0 Å². The van der Waals surface area contributed by atoms with Crippen LogP contribution >= 0.6 is 15.9 Å². The summed E-state index contributed by atoms with van der Waals surface area (Å²) in [6.07, 6.45) is 0. The highest BCUT2D eigenvalue weighted by molar-refractivity contribution is 9.09. The van der Waals surface area contributed by atoms with Crippen molar-refractivity contribution in [3.63, 3.8) is 0 Å². The van der Waals surface area contributed by atoms with Crippen molar-refractivity contribution in [2.75, 3.05) is 0 Å². The number of halogens is 1. The zero-order valence-electron chi connectivity index (χ0n) is 11.8. The van der Waals surface area contributed by atoms with E-state index in [-0.39, 0.29) is 10.4 Å². The van der Waals surface area contributed by atoms with Gasteiger partial charge in [0.25, 0.3) is 5.56 Å². The summed E-state index contributed by atoms with van der Waals surface area (Å²) in [5.74, 6) is 0.633. The molecule has 0 aliphatic heterocycles. The van der Waals surface area contributed by atoms with Crippen LogP contribution in [0, 0.1) is 11.3 Å². The first-order chi connectivity index (χ1) is 10.6. The average molecular weight is 354 g/mol. The quantitative estimate of drug-likeness (QED) is 0.659. The number of para-hydroxylation sites is 1. The number of aromatic nitrogens is 2. The summed E-state index contributed by atoms with van der Waals surface area (Å²) in [6.45, 7) is 1.93. The highest BCUT2D eigenvalue weighted by Gasteiger charge is 2.15. The summed E-state index contributed by atoms with van der Waals surface area (Å²) in [6, 6.07) is 16.3. The summed E-state index contributed by atoms with van der Waals surface area (Å²) < 4.78 is 1.59. The average Bonchev–Trinajstić information content (AvgIpc) is 2.55. The largest absolute Gasteiger partial charge is 0.268 e. The Morgan fingerprint density at radius 3 is 2.50 bits per heavy atom. The maximum Gasteiger partial charge on any atom is 0.265 e. The van der Waals surface area contributed by atoms with Crippen LogP contribution in [0.5, 0.6) is 0 Å². The second kappa shape index (κ2) is 5.74. The maximum absolute atomic E-state index is 12.8. The molecule has 1 atom stereocenters. The number of hydrogen-bond acceptors (Lipinski definition) is 3. The van der Waals surface area contributed by atoms with E-state index in [1.807, 2.05) is 25.1 Å². The molecule has 3 rings (SSSR count). The number of alkyl halides is 1. The molecule has 0 N–H and O–H groups in total. The molecular formula is C17H12BrN3O. The molecule has 0 aliphatic carbocycles. The molecule has 0 unspecified atom stereocenters. The van der Waals surface area contributed by atoms with Gasteiger partial charge in [0.05, 0.1) is 33.1 Å². The third kappa shape index (κ3) is 2.42. The van der Waals surface area contributed by atoms with Crippen molar-refractivity contribution in [2.24, 2.45) is 0 Å². The smallest absolute Gasteiger partial charge is 0.265 e. The minimum absolute atomic E-state index is 0.0829. The molecule has 22 heavy (non-hydrogen) atoms. The van der Waals surface area contributed by atoms with Gasteiger partial charge in [0, 0.05) is 0 Å². The van der Waals surface area contributed by atoms with Crippen molar-refractivity contribution in [2.45, 2.75) is 11.8 Å². The van der Waals surface area contributed by atoms with Gasteiger partial charge in [-0.25, -0.2) is 4.98 Å². The van der Waals surface area contributed by atoms with Gasteiger partial charge in [0.15, 0.2) is 0 Å². The molecule has 0 saturated carbocycles. The number of hydrogen-bond donors (Lipinski definition) is 0. The molecular weight excluding hydrogens is 342 g/mol. The van der Waals surface area contributed by atoms with E-state index in [2.05, 4.69) is 27.0 Å². The summed E-state index contributed by atoms with van der Waals surface area (Å²) >= 11 is 3.50. The molecule has 1 heterocycles. The van der Waals surface area contributed by atoms with E-state index in [9.17, 15) is 4.79 Å². The molecule has 0 fully saturated rings. The minimum atomic E-state index is -0.114. The fraction of sp³-hybridized carbons (Fsp3) is 0.118. The normalized spacial score (nSPS) is 12.0. The van der Waals surface area contributed by atoms with E-state index in [4.69, 9.17) is 5.26 Å². The van der Waals surface area contributed by atoms with Crippen LogP contribution < -0.4 is 5.56 Å². The van der Waals surface area contributed by atoms with E-state index < -0.39 is 0 Å². The molecule has 0 saturated heterocycles. The zero-order valence-corrected chi connectivity index (χ0v) is 13.4. The van der Waals surface area contributed by atoms with Crippen LogP contribution in [-0.4, -0.2) is 9.55 Å². The van der Waals surface area contributed by atoms with Gasteiger partial charge in [-0.1, -0.05) is 28.1 Å². The van der Waals surface area contributed by atoms with Gasteiger partial charge < -0.3 is 0 Å². The Morgan fingerprint density at radius 1 is 1.18 bits per heavy atom. The molecule has 0 spiro atoms. The van der Waals surface area contributed by atoms with E-state index in [0.29, 0.717) is 28.0 Å². The van der Waals surface area contributed by atoms with Gasteiger partial charge in [-0.2, -0.15) is 5.26 Å². The molecule has 2 aromatic carbocycles. The Labute approximate surface area is 135 Å². The van der Waals surface area contributed by atoms with Gasteiger partial charge in [0.1, 0.15) is 5.82 Å². The Kier molecular flexibility index (Phi) is 3.78. The zero-order chi connectivity index (χ0) is 15.7. The third-order valence-electron chi connectivity index (χ3n) is 3.41. The Bertz CT molecular complexity index is 937. The van der Waals surface area contributed by atoms with Crippen LogP contribution in [0.25, 0.3) is 16.6 Å². The fourth-order valence-electron chi connectivity index (χ4n) is 2.35. The van der Waals surface area contributed by atoms with Crippen LogP contribution in [0.1, 0.15) is 23.1 Å². The fourth-order valence-corrected chi connectivity index (χ4v) is 2.66. The number of rotatable bonds is 2. The number of nitrogens with zero attached hydrogens (tertiary/aromatic N) is 3. The van der Waals surface area contributed by atoms with Gasteiger partial charge in [-0.15, -0.1) is 0 Å². The summed E-state index contributed by atoms with van der Waals surface area (Å²) in [4.78, 5) is 17.4. The van der Waals surface area contributed by atoms with E-state index in [1.54, 1.807) is 34.9 Å². The number of nitriles is 1. The maximum atomic E-state index is 12.8. The van der Waals surface area contributed by atoms with Crippen molar-refractivity contribution in [1.29, 1.82) is 5.26 Å². The third-order valence-corrected chi connectivity index (χ3v) is 3.82. The second-order valence-electron chi connectivity index (χ2n) is 4.90. The number of fused-ring (bicyclic) bond motifs is 1. The SMILES string of the molecule is C[C@H](Br)c1nc2ccccc2c(=O)n1-c1ccc(C#N)cc1. The van der Waals surface area contributed by atoms with Gasteiger partial charge in [0.2, 0.25) is 0 Å². The van der Waals surface area contributed by atoms with Crippen LogP contribution in [0.3, 0.4) is 0 Å². The molecule has 3 aromatic rings. The predicted molar refractivity (Wildman–Crippen MR) is 89.4 cm³/mol. The standard InChI is InChI=1S/C17H12BrN3O/c1-11(18)16-20-15-5-3-2-4-14(15)17(22)21(16)13-8-6-12(10-19)7-9-13/h2-9,11H,1H3/t11-/m0/s1. The predicted octanol–water partition coefficient (Wildman–Crippen LogP) is 3.71. The Morgan fingerprint density at radius 2 is 1.86 bits per heavy atom. The second-order valence-corrected chi connectivity index (χ2v) is 6.28. The molecule has 4 nitrogen and oxygen atoms in total. The van der Waals surface area contributed by atoms with Gasteiger partial charge >= 0.3 is 0 Å². The Balaban J connectivity index is 2.35. The van der Waals surface area contributed by atoms with Crippen LogP contribution in [0.4, 0.5) is 0 Å². The van der Waals surface area contributed by atoms with Crippen molar-refractivity contribution >= 4 is 26.8 Å². The molecule has 5 heteroatoms. The molecule has 1 aromatic heterocycles. The topological polar surface area (TPSA) is 58.7 Å². The molecule has 108 valence electrons. The highest BCUT2D eigenvalue weighted by atomic mass is 79.9. The first kappa shape index (κ1) is 14.5. The van der Waals surface area contributed by atoms with Crippen molar-refractivity contribution in [3.8, 4) is 11.8 Å². The molecule has 0 aliphatic rings. The van der Waals surface area contributed by atoms with Crippen LogP contribution in [0.2, 0.25) is 0 Å². The summed E-state index contributed by atoms with van der Waals surface area (Å²) in [7, 11) is 0. The Hall–Kier alpha value is -2.45. The van der Waals surface area contributed by atoms with Crippen LogP contribution in [-0.2, 0) is 0 Å². The van der Waals surface area contributed by atoms with E-state index >= 15 is 0 Å². The van der Waals surface area contributed by atoms with Gasteiger partial charge in [-0.05, 0) is 43.3 Å².